The molecule has 2 aromatic carbocycles. The monoisotopic (exact) mass is 392 g/mol. The first-order valence-corrected chi connectivity index (χ1v) is 10.6. The standard InChI is InChI=1S/C23H20O2S2/c1-17-16-26-23(27-17)22(20(24)14-12-18-8-4-2-5-9-18)21(25)15-13-19-10-6-3-7-11-19/h2-15,17H,16H2,1H3/b14-12+,15-13+/t17-/m1/s1. The van der Waals surface area contributed by atoms with Crippen molar-refractivity contribution in [1.29, 1.82) is 0 Å². The molecule has 0 N–H and O–H groups in total. The fourth-order valence-corrected chi connectivity index (χ4v) is 5.40. The van der Waals surface area contributed by atoms with Crippen LogP contribution in [0.1, 0.15) is 18.1 Å². The highest BCUT2D eigenvalue weighted by molar-refractivity contribution is 8.25. The zero-order valence-corrected chi connectivity index (χ0v) is 16.6. The summed E-state index contributed by atoms with van der Waals surface area (Å²) in [4.78, 5) is 25.7. The minimum absolute atomic E-state index is 0.245. The van der Waals surface area contributed by atoms with Gasteiger partial charge in [0, 0.05) is 11.0 Å². The summed E-state index contributed by atoms with van der Waals surface area (Å²) in [5.74, 6) is 0.422. The van der Waals surface area contributed by atoms with E-state index in [-0.39, 0.29) is 17.1 Å². The quantitative estimate of drug-likeness (QED) is 0.362. The number of carbonyl (C=O) groups excluding carboxylic acids is 2. The van der Waals surface area contributed by atoms with Gasteiger partial charge < -0.3 is 0 Å². The lowest BCUT2D eigenvalue weighted by atomic mass is 10.1. The summed E-state index contributed by atoms with van der Waals surface area (Å²) in [6, 6.07) is 19.2. The molecule has 0 bridgehead atoms. The second-order valence-corrected chi connectivity index (χ2v) is 8.86. The summed E-state index contributed by atoms with van der Waals surface area (Å²) < 4.78 is 0.827. The van der Waals surface area contributed by atoms with Crippen molar-refractivity contribution in [3.05, 3.63) is 93.8 Å². The van der Waals surface area contributed by atoms with Crippen LogP contribution in [0, 0.1) is 0 Å². The lowest BCUT2D eigenvalue weighted by Crippen LogP contribution is -2.10. The van der Waals surface area contributed by atoms with Gasteiger partial charge in [-0.2, -0.15) is 0 Å². The second-order valence-electron chi connectivity index (χ2n) is 6.12. The predicted octanol–water partition coefficient (Wildman–Crippen LogP) is 5.63. The van der Waals surface area contributed by atoms with Crippen LogP contribution in [0.2, 0.25) is 0 Å². The molecule has 136 valence electrons. The number of ketones is 2. The van der Waals surface area contributed by atoms with Crippen molar-refractivity contribution in [2.24, 2.45) is 0 Å². The fourth-order valence-electron chi connectivity index (χ4n) is 2.54. The first-order chi connectivity index (χ1) is 13.1. The summed E-state index contributed by atoms with van der Waals surface area (Å²) in [6.45, 7) is 2.11. The van der Waals surface area contributed by atoms with Gasteiger partial charge in [-0.1, -0.05) is 79.7 Å². The molecule has 0 aromatic heterocycles. The van der Waals surface area contributed by atoms with E-state index in [4.69, 9.17) is 0 Å². The van der Waals surface area contributed by atoms with E-state index in [1.807, 2.05) is 60.7 Å². The summed E-state index contributed by atoms with van der Waals surface area (Å²) in [5, 5.41) is 0.400. The summed E-state index contributed by atoms with van der Waals surface area (Å²) in [5.41, 5.74) is 2.14. The van der Waals surface area contributed by atoms with E-state index in [0.29, 0.717) is 5.25 Å². The molecule has 0 unspecified atom stereocenters. The average Bonchev–Trinajstić information content (AvgIpc) is 3.12. The number of carbonyl (C=O) groups is 2. The molecule has 3 rings (SSSR count). The van der Waals surface area contributed by atoms with Crippen molar-refractivity contribution < 1.29 is 9.59 Å². The number of allylic oxidation sites excluding steroid dienone is 3. The number of hydrogen-bond donors (Lipinski definition) is 0. The van der Waals surface area contributed by atoms with Gasteiger partial charge in [0.05, 0.1) is 9.81 Å². The predicted molar refractivity (Wildman–Crippen MR) is 118 cm³/mol. The Morgan fingerprint density at radius 2 is 1.33 bits per heavy atom. The molecule has 0 spiro atoms. The molecular weight excluding hydrogens is 372 g/mol. The molecular formula is C23H20O2S2. The maximum absolute atomic E-state index is 12.8. The molecule has 0 amide bonds. The van der Waals surface area contributed by atoms with Gasteiger partial charge in [-0.3, -0.25) is 9.59 Å². The van der Waals surface area contributed by atoms with Crippen LogP contribution in [0.5, 0.6) is 0 Å². The number of thioether (sulfide) groups is 2. The van der Waals surface area contributed by atoms with E-state index in [2.05, 4.69) is 6.92 Å². The molecule has 1 heterocycles. The molecule has 0 radical (unpaired) electrons. The van der Waals surface area contributed by atoms with Gasteiger partial charge >= 0.3 is 0 Å². The Balaban J connectivity index is 1.85. The van der Waals surface area contributed by atoms with Crippen LogP contribution >= 0.6 is 23.5 Å². The van der Waals surface area contributed by atoms with E-state index in [0.717, 1.165) is 21.1 Å². The molecule has 1 fully saturated rings. The smallest absolute Gasteiger partial charge is 0.191 e. The summed E-state index contributed by atoms with van der Waals surface area (Å²) in [7, 11) is 0. The van der Waals surface area contributed by atoms with Crippen LogP contribution < -0.4 is 0 Å². The van der Waals surface area contributed by atoms with Crippen molar-refractivity contribution in [2.75, 3.05) is 5.75 Å². The van der Waals surface area contributed by atoms with E-state index in [1.165, 1.54) is 12.2 Å². The van der Waals surface area contributed by atoms with Gasteiger partial charge in [-0.05, 0) is 23.3 Å². The minimum atomic E-state index is -0.245. The molecule has 0 aliphatic carbocycles. The van der Waals surface area contributed by atoms with E-state index >= 15 is 0 Å². The topological polar surface area (TPSA) is 34.1 Å². The second kappa shape index (κ2) is 9.58. The van der Waals surface area contributed by atoms with E-state index < -0.39 is 0 Å². The molecule has 27 heavy (non-hydrogen) atoms. The van der Waals surface area contributed by atoms with Crippen molar-refractivity contribution in [3.63, 3.8) is 0 Å². The molecule has 2 nitrogen and oxygen atoms in total. The first-order valence-electron chi connectivity index (χ1n) is 8.72. The Hall–Kier alpha value is -2.30. The molecule has 1 aliphatic rings. The Morgan fingerprint density at radius 1 is 0.852 bits per heavy atom. The van der Waals surface area contributed by atoms with Crippen LogP contribution in [0.15, 0.2) is 82.6 Å². The maximum Gasteiger partial charge on any atom is 0.191 e. The highest BCUT2D eigenvalue weighted by Gasteiger charge is 2.26. The maximum atomic E-state index is 12.8. The van der Waals surface area contributed by atoms with Crippen molar-refractivity contribution in [1.82, 2.24) is 0 Å². The van der Waals surface area contributed by atoms with Gasteiger partial charge in [0.25, 0.3) is 0 Å². The molecule has 4 heteroatoms. The normalized spacial score (nSPS) is 16.9. The average molecular weight is 393 g/mol. The Kier molecular flexibility index (Phi) is 6.91. The Bertz CT molecular complexity index is 833. The van der Waals surface area contributed by atoms with Gasteiger partial charge in [-0.15, -0.1) is 23.5 Å². The zero-order valence-electron chi connectivity index (χ0n) is 15.0. The summed E-state index contributed by atoms with van der Waals surface area (Å²) in [6.07, 6.45) is 6.50. The Labute approximate surface area is 168 Å². The van der Waals surface area contributed by atoms with E-state index in [9.17, 15) is 9.59 Å². The first kappa shape index (κ1) is 19.5. The van der Waals surface area contributed by atoms with Crippen molar-refractivity contribution in [3.8, 4) is 0 Å². The molecule has 1 aliphatic heterocycles. The van der Waals surface area contributed by atoms with Gasteiger partial charge in [0.1, 0.15) is 0 Å². The van der Waals surface area contributed by atoms with Gasteiger partial charge in [-0.25, -0.2) is 0 Å². The molecule has 0 saturated carbocycles. The van der Waals surface area contributed by atoms with Gasteiger partial charge in [0.15, 0.2) is 11.6 Å². The molecule has 1 atom stereocenters. The van der Waals surface area contributed by atoms with Crippen LogP contribution in [-0.2, 0) is 9.59 Å². The van der Waals surface area contributed by atoms with E-state index in [1.54, 1.807) is 35.7 Å². The van der Waals surface area contributed by atoms with Crippen LogP contribution in [-0.4, -0.2) is 22.6 Å². The number of benzene rings is 2. The Morgan fingerprint density at radius 3 is 1.74 bits per heavy atom. The van der Waals surface area contributed by atoms with Crippen molar-refractivity contribution >= 4 is 47.2 Å². The largest absolute Gasteiger partial charge is 0.289 e. The third-order valence-electron chi connectivity index (χ3n) is 3.91. The lowest BCUT2D eigenvalue weighted by molar-refractivity contribution is -0.116. The fraction of sp³-hybridized carbons (Fsp3) is 0.130. The van der Waals surface area contributed by atoms with Crippen LogP contribution in [0.4, 0.5) is 0 Å². The van der Waals surface area contributed by atoms with Crippen molar-refractivity contribution in [2.45, 2.75) is 12.2 Å². The SMILES string of the molecule is C[C@@H]1CSC(=C(C(=O)/C=C/c2ccccc2)C(=O)/C=C/c2ccccc2)S1. The minimum Gasteiger partial charge on any atom is -0.289 e. The lowest BCUT2D eigenvalue weighted by Gasteiger charge is -2.04. The van der Waals surface area contributed by atoms with Gasteiger partial charge in [0.2, 0.25) is 0 Å². The highest BCUT2D eigenvalue weighted by atomic mass is 32.2. The highest BCUT2D eigenvalue weighted by Crippen LogP contribution is 2.43. The zero-order chi connectivity index (χ0) is 19.1. The number of hydrogen-bond acceptors (Lipinski definition) is 4. The molecule has 1 saturated heterocycles. The van der Waals surface area contributed by atoms with Crippen LogP contribution in [0.3, 0.4) is 0 Å². The third kappa shape index (κ3) is 5.59. The third-order valence-corrected chi connectivity index (χ3v) is 6.88. The molecule has 2 aromatic rings. The summed E-state index contributed by atoms with van der Waals surface area (Å²) >= 11 is 3.20. The number of rotatable bonds is 6. The van der Waals surface area contributed by atoms with Crippen LogP contribution in [0.25, 0.3) is 12.2 Å².